The van der Waals surface area contributed by atoms with Crippen molar-refractivity contribution < 1.29 is 19.4 Å². The summed E-state index contributed by atoms with van der Waals surface area (Å²) in [5.74, 6) is 0.604. The molecule has 0 bridgehead atoms. The maximum atomic E-state index is 11.8. The van der Waals surface area contributed by atoms with Gasteiger partial charge in [0.1, 0.15) is 22.8 Å². The van der Waals surface area contributed by atoms with E-state index in [0.717, 1.165) is 12.8 Å². The summed E-state index contributed by atoms with van der Waals surface area (Å²) in [5, 5.41) is 10.5. The van der Waals surface area contributed by atoms with Crippen LogP contribution in [0.4, 0.5) is 0 Å². The van der Waals surface area contributed by atoms with E-state index in [4.69, 9.17) is 9.47 Å². The predicted molar refractivity (Wildman–Crippen MR) is 94.4 cm³/mol. The van der Waals surface area contributed by atoms with Gasteiger partial charge in [-0.2, -0.15) is 0 Å². The van der Waals surface area contributed by atoms with Crippen LogP contribution in [-0.2, 0) is 12.8 Å². The first-order valence-electron chi connectivity index (χ1n) is 8.01. The van der Waals surface area contributed by atoms with Crippen molar-refractivity contribution >= 4 is 5.78 Å². The Balaban J connectivity index is 2.23. The molecule has 2 rings (SSSR count). The molecule has 2 aromatic rings. The zero-order chi connectivity index (χ0) is 17.7. The molecule has 0 aliphatic carbocycles. The lowest BCUT2D eigenvalue weighted by atomic mass is 9.97. The average molecular weight is 328 g/mol. The van der Waals surface area contributed by atoms with Crippen molar-refractivity contribution in [2.24, 2.45) is 0 Å². The van der Waals surface area contributed by atoms with E-state index in [1.165, 1.54) is 25.2 Å². The maximum absolute atomic E-state index is 11.8. The molecule has 0 aromatic heterocycles. The minimum atomic E-state index is -0.230. The van der Waals surface area contributed by atoms with Crippen LogP contribution in [0.1, 0.15) is 40.4 Å². The lowest BCUT2D eigenvalue weighted by Crippen LogP contribution is -2.04. The Morgan fingerprint density at radius 2 is 1.67 bits per heavy atom. The lowest BCUT2D eigenvalue weighted by molar-refractivity contribution is 0.101. The quantitative estimate of drug-likeness (QED) is 0.778. The zero-order valence-electron chi connectivity index (χ0n) is 14.7. The number of aryl methyl sites for hydroxylation is 2. The second kappa shape index (κ2) is 7.86. The summed E-state index contributed by atoms with van der Waals surface area (Å²) in [4.78, 5) is 11.8. The Morgan fingerprint density at radius 1 is 1.04 bits per heavy atom. The van der Waals surface area contributed by atoms with Crippen molar-refractivity contribution in [1.29, 1.82) is 0 Å². The SMILES string of the molecule is COc1cc(OC)c(C(C)=O)c(O)c1CCCc1ccc(C)cc1. The largest absolute Gasteiger partial charge is 0.507 e. The molecular formula is C20H24O4. The Labute approximate surface area is 143 Å². The van der Waals surface area contributed by atoms with Crippen LogP contribution in [0.5, 0.6) is 17.2 Å². The van der Waals surface area contributed by atoms with Crippen molar-refractivity contribution in [2.45, 2.75) is 33.1 Å². The third-order valence-electron chi connectivity index (χ3n) is 4.13. The zero-order valence-corrected chi connectivity index (χ0v) is 14.7. The number of carbonyl (C=O) groups excluding carboxylic acids is 1. The van der Waals surface area contributed by atoms with Gasteiger partial charge in [-0.1, -0.05) is 29.8 Å². The molecule has 128 valence electrons. The van der Waals surface area contributed by atoms with Gasteiger partial charge in [0.15, 0.2) is 5.78 Å². The highest BCUT2D eigenvalue weighted by Gasteiger charge is 2.21. The molecule has 0 fully saturated rings. The standard InChI is InChI=1S/C20H24O4/c1-13-8-10-15(11-9-13)6-5-7-16-17(23-3)12-18(24-4)19(14(2)21)20(16)22/h8-12,22H,5-7H2,1-4H3. The number of methoxy groups -OCH3 is 2. The molecule has 0 saturated carbocycles. The topological polar surface area (TPSA) is 55.8 Å². The fraction of sp³-hybridized carbons (Fsp3) is 0.350. The number of phenolic OH excluding ortho intramolecular Hbond substituents is 1. The molecule has 24 heavy (non-hydrogen) atoms. The molecule has 2 aromatic carbocycles. The number of Topliss-reactive ketones (excluding diaryl/α,β-unsaturated/α-hetero) is 1. The maximum Gasteiger partial charge on any atom is 0.167 e. The van der Waals surface area contributed by atoms with Crippen LogP contribution < -0.4 is 9.47 Å². The molecule has 0 saturated heterocycles. The minimum Gasteiger partial charge on any atom is -0.507 e. The molecule has 1 N–H and O–H groups in total. The molecule has 0 heterocycles. The van der Waals surface area contributed by atoms with Crippen LogP contribution in [0.15, 0.2) is 30.3 Å². The van der Waals surface area contributed by atoms with E-state index in [1.807, 2.05) is 0 Å². The number of hydrogen-bond acceptors (Lipinski definition) is 4. The second-order valence-corrected chi connectivity index (χ2v) is 5.88. The van der Waals surface area contributed by atoms with E-state index in [0.29, 0.717) is 23.5 Å². The molecule has 0 spiro atoms. The normalized spacial score (nSPS) is 10.5. The van der Waals surface area contributed by atoms with Gasteiger partial charge in [-0.25, -0.2) is 0 Å². The molecule has 0 radical (unpaired) electrons. The van der Waals surface area contributed by atoms with E-state index in [9.17, 15) is 9.90 Å². The van der Waals surface area contributed by atoms with Crippen molar-refractivity contribution in [2.75, 3.05) is 14.2 Å². The van der Waals surface area contributed by atoms with Crippen LogP contribution in [0.25, 0.3) is 0 Å². The van der Waals surface area contributed by atoms with Crippen LogP contribution in [0.3, 0.4) is 0 Å². The minimum absolute atomic E-state index is 0.0393. The molecule has 4 nitrogen and oxygen atoms in total. The number of benzene rings is 2. The van der Waals surface area contributed by atoms with Gasteiger partial charge >= 0.3 is 0 Å². The summed E-state index contributed by atoms with van der Waals surface area (Å²) < 4.78 is 10.6. The molecule has 0 aliphatic rings. The van der Waals surface area contributed by atoms with Gasteiger partial charge in [-0.05, 0) is 38.7 Å². The summed E-state index contributed by atoms with van der Waals surface area (Å²) in [6.45, 7) is 3.48. The molecule has 0 aliphatic heterocycles. The van der Waals surface area contributed by atoms with Gasteiger partial charge < -0.3 is 14.6 Å². The summed E-state index contributed by atoms with van der Waals surface area (Å²) in [6.07, 6.45) is 2.36. The number of aromatic hydroxyl groups is 1. The number of ether oxygens (including phenoxy) is 2. The number of hydrogen-bond donors (Lipinski definition) is 1. The molecule has 0 atom stereocenters. The summed E-state index contributed by atoms with van der Waals surface area (Å²) in [5.41, 5.74) is 3.35. The molecule has 0 unspecified atom stereocenters. The number of phenols is 1. The molecule has 4 heteroatoms. The van der Waals surface area contributed by atoms with Crippen LogP contribution in [0.2, 0.25) is 0 Å². The lowest BCUT2D eigenvalue weighted by Gasteiger charge is -2.16. The third kappa shape index (κ3) is 3.88. The Morgan fingerprint density at radius 3 is 2.21 bits per heavy atom. The van der Waals surface area contributed by atoms with E-state index in [1.54, 1.807) is 13.2 Å². The van der Waals surface area contributed by atoms with E-state index >= 15 is 0 Å². The number of ketones is 1. The monoisotopic (exact) mass is 328 g/mol. The van der Waals surface area contributed by atoms with Crippen molar-refractivity contribution in [3.63, 3.8) is 0 Å². The summed E-state index contributed by atoms with van der Waals surface area (Å²) >= 11 is 0. The average Bonchev–Trinajstić information content (AvgIpc) is 2.56. The van der Waals surface area contributed by atoms with Crippen LogP contribution in [-0.4, -0.2) is 25.1 Å². The van der Waals surface area contributed by atoms with Gasteiger partial charge in [0.05, 0.1) is 14.2 Å². The van der Waals surface area contributed by atoms with Gasteiger partial charge in [0.25, 0.3) is 0 Å². The highest BCUT2D eigenvalue weighted by Crippen LogP contribution is 2.39. The molecular weight excluding hydrogens is 304 g/mol. The Hall–Kier alpha value is -2.49. The van der Waals surface area contributed by atoms with Crippen molar-refractivity contribution in [3.05, 3.63) is 52.6 Å². The first kappa shape index (κ1) is 17.9. The smallest absolute Gasteiger partial charge is 0.167 e. The highest BCUT2D eigenvalue weighted by atomic mass is 16.5. The predicted octanol–water partition coefficient (Wildman–Crippen LogP) is 4.10. The third-order valence-corrected chi connectivity index (χ3v) is 4.13. The second-order valence-electron chi connectivity index (χ2n) is 5.88. The van der Waals surface area contributed by atoms with Crippen molar-refractivity contribution in [1.82, 2.24) is 0 Å². The Kier molecular flexibility index (Phi) is 5.85. The Bertz CT molecular complexity index is 717. The first-order valence-corrected chi connectivity index (χ1v) is 8.01. The van der Waals surface area contributed by atoms with E-state index in [-0.39, 0.29) is 17.1 Å². The number of carbonyl (C=O) groups is 1. The summed E-state index contributed by atoms with van der Waals surface area (Å²) in [6, 6.07) is 10.1. The van der Waals surface area contributed by atoms with E-state index < -0.39 is 0 Å². The van der Waals surface area contributed by atoms with Crippen LogP contribution >= 0.6 is 0 Å². The van der Waals surface area contributed by atoms with Gasteiger partial charge in [-0.15, -0.1) is 0 Å². The van der Waals surface area contributed by atoms with Crippen molar-refractivity contribution in [3.8, 4) is 17.2 Å². The van der Waals surface area contributed by atoms with Gasteiger partial charge in [-0.3, -0.25) is 4.79 Å². The van der Waals surface area contributed by atoms with Gasteiger partial charge in [0.2, 0.25) is 0 Å². The fourth-order valence-corrected chi connectivity index (χ4v) is 2.81. The van der Waals surface area contributed by atoms with Gasteiger partial charge in [0, 0.05) is 11.6 Å². The first-order chi connectivity index (χ1) is 11.5. The summed E-state index contributed by atoms with van der Waals surface area (Å²) in [7, 11) is 3.02. The highest BCUT2D eigenvalue weighted by molar-refractivity contribution is 6.00. The molecule has 0 amide bonds. The van der Waals surface area contributed by atoms with E-state index in [2.05, 4.69) is 31.2 Å². The van der Waals surface area contributed by atoms with Crippen LogP contribution in [0, 0.1) is 6.92 Å². The number of rotatable bonds is 7. The fourth-order valence-electron chi connectivity index (χ4n) is 2.81.